The van der Waals surface area contributed by atoms with Gasteiger partial charge < -0.3 is 0 Å². The second kappa shape index (κ2) is 46.0. The maximum absolute atomic E-state index is 4.00. The molecule has 2 nitrogen and oxygen atoms in total. The first-order valence-electron chi connectivity index (χ1n) is 0.333. The van der Waals surface area contributed by atoms with Gasteiger partial charge in [0.2, 0.25) is 0 Å². The Morgan fingerprint density at radius 1 is 1.00 bits per heavy atom. The first-order chi connectivity index (χ1) is 1.00. The number of halogens is 1. The van der Waals surface area contributed by atoms with Gasteiger partial charge in [-0.15, -0.1) is 12.4 Å². The van der Waals surface area contributed by atoms with E-state index in [1.54, 1.807) is 0 Å². The van der Waals surface area contributed by atoms with E-state index in [0.29, 0.717) is 0 Å². The molecule has 4 heteroatoms. The SMILES string of the molecule is Cl.NN.[LiH]. The van der Waals surface area contributed by atoms with Gasteiger partial charge in [0, 0.05) is 0 Å². The van der Waals surface area contributed by atoms with Crippen molar-refractivity contribution in [3.63, 3.8) is 0 Å². The van der Waals surface area contributed by atoms with Crippen molar-refractivity contribution < 1.29 is 0 Å². The molecule has 0 saturated carbocycles. The molecular formula is H6ClLiN2. The van der Waals surface area contributed by atoms with E-state index in [-0.39, 0.29) is 31.3 Å². The topological polar surface area (TPSA) is 52.0 Å². The molecule has 4 heavy (non-hydrogen) atoms. The summed E-state index contributed by atoms with van der Waals surface area (Å²) in [6.07, 6.45) is 0. The maximum atomic E-state index is 4.00. The third-order valence-electron chi connectivity index (χ3n) is 0. The third-order valence-corrected chi connectivity index (χ3v) is 0. The van der Waals surface area contributed by atoms with E-state index in [1.807, 2.05) is 0 Å². The summed E-state index contributed by atoms with van der Waals surface area (Å²) >= 11 is 0. The van der Waals surface area contributed by atoms with Crippen molar-refractivity contribution in [3.8, 4) is 0 Å². The van der Waals surface area contributed by atoms with Crippen LogP contribution in [0.4, 0.5) is 0 Å². The normalized spacial score (nSPS) is 1.50. The predicted molar refractivity (Wildman–Crippen MR) is 22.8 cm³/mol. The molecule has 0 atom stereocenters. The molecule has 0 rings (SSSR count). The van der Waals surface area contributed by atoms with Crippen molar-refractivity contribution in [2.45, 2.75) is 0 Å². The molecule has 0 bridgehead atoms. The number of hydrazine groups is 1. The van der Waals surface area contributed by atoms with Gasteiger partial charge in [-0.25, -0.2) is 0 Å². The van der Waals surface area contributed by atoms with Crippen molar-refractivity contribution in [3.05, 3.63) is 0 Å². The molecule has 0 radical (unpaired) electrons. The Bertz CT molecular complexity index is 6.00. The van der Waals surface area contributed by atoms with E-state index >= 15 is 0 Å². The second-order valence-corrected chi connectivity index (χ2v) is 0. The van der Waals surface area contributed by atoms with Crippen molar-refractivity contribution in [1.82, 2.24) is 0 Å². The van der Waals surface area contributed by atoms with Crippen LogP contribution in [0.5, 0.6) is 0 Å². The summed E-state index contributed by atoms with van der Waals surface area (Å²) in [5, 5.41) is 0. The first kappa shape index (κ1) is 21.3. The average Bonchev–Trinajstić information content (AvgIpc) is 1.00. The van der Waals surface area contributed by atoms with E-state index in [0.717, 1.165) is 0 Å². The first-order valence-corrected chi connectivity index (χ1v) is 0.333. The van der Waals surface area contributed by atoms with Crippen molar-refractivity contribution in [2.24, 2.45) is 11.7 Å². The van der Waals surface area contributed by atoms with Crippen LogP contribution in [0.2, 0.25) is 0 Å². The Morgan fingerprint density at radius 3 is 1.00 bits per heavy atom. The molecule has 0 aromatic rings. The van der Waals surface area contributed by atoms with Gasteiger partial charge >= 0.3 is 18.9 Å². The zero-order chi connectivity index (χ0) is 2.00. The number of hydrogen-bond donors (Lipinski definition) is 2. The minimum absolute atomic E-state index is 0. The standard InChI is InChI=1S/ClH.Li.H4N2.H/c;;1-2;/h1H;;1-2H2;. The van der Waals surface area contributed by atoms with Gasteiger partial charge in [-0.2, -0.15) is 0 Å². The summed E-state index contributed by atoms with van der Waals surface area (Å²) in [6.45, 7) is 0. The van der Waals surface area contributed by atoms with Gasteiger partial charge in [-0.05, 0) is 0 Å². The zero-order valence-electron chi connectivity index (χ0n) is 1.56. The summed E-state index contributed by atoms with van der Waals surface area (Å²) in [6, 6.07) is 0. The molecular weight excluding hydrogens is 70.4 g/mol. The molecule has 24 valence electrons. The molecule has 0 aromatic carbocycles. The minimum atomic E-state index is 0. The molecule has 0 aliphatic carbocycles. The van der Waals surface area contributed by atoms with Crippen LogP contribution in [0, 0.1) is 0 Å². The van der Waals surface area contributed by atoms with Crippen molar-refractivity contribution in [1.29, 1.82) is 0 Å². The fourth-order valence-corrected chi connectivity index (χ4v) is 0. The summed E-state index contributed by atoms with van der Waals surface area (Å²) < 4.78 is 0. The third kappa shape index (κ3) is 14.1. The van der Waals surface area contributed by atoms with Crippen LogP contribution in [-0.4, -0.2) is 18.9 Å². The number of hydrogen-bond acceptors (Lipinski definition) is 2. The van der Waals surface area contributed by atoms with Crippen LogP contribution in [-0.2, 0) is 0 Å². The van der Waals surface area contributed by atoms with E-state index in [4.69, 9.17) is 0 Å². The molecule has 0 amide bonds. The monoisotopic (exact) mass is 76.0 g/mol. The van der Waals surface area contributed by atoms with Crippen LogP contribution in [0.1, 0.15) is 0 Å². The van der Waals surface area contributed by atoms with Crippen molar-refractivity contribution in [2.75, 3.05) is 0 Å². The summed E-state index contributed by atoms with van der Waals surface area (Å²) in [7, 11) is 0. The van der Waals surface area contributed by atoms with Gasteiger partial charge in [0.15, 0.2) is 0 Å². The van der Waals surface area contributed by atoms with Crippen molar-refractivity contribution >= 4 is 31.3 Å². The van der Waals surface area contributed by atoms with Crippen LogP contribution < -0.4 is 11.7 Å². The quantitative estimate of drug-likeness (QED) is 0.212. The Balaban J connectivity index is -0.00000000500. The van der Waals surface area contributed by atoms with E-state index in [2.05, 4.69) is 11.7 Å². The Kier molecular flexibility index (Phi) is 246. The summed E-state index contributed by atoms with van der Waals surface area (Å²) in [5.41, 5.74) is 0. The predicted octanol–water partition coefficient (Wildman–Crippen LogP) is -1.41. The molecule has 0 aliphatic rings. The van der Waals surface area contributed by atoms with E-state index in [1.165, 1.54) is 0 Å². The summed E-state index contributed by atoms with van der Waals surface area (Å²) in [5.74, 6) is 8.00. The van der Waals surface area contributed by atoms with Gasteiger partial charge in [0.1, 0.15) is 0 Å². The van der Waals surface area contributed by atoms with Gasteiger partial charge in [0.25, 0.3) is 0 Å². The molecule has 4 N–H and O–H groups in total. The molecule has 0 aliphatic heterocycles. The van der Waals surface area contributed by atoms with E-state index in [9.17, 15) is 0 Å². The fraction of sp³-hybridized carbons (Fsp3) is 0. The summed E-state index contributed by atoms with van der Waals surface area (Å²) in [4.78, 5) is 0. The molecule has 0 spiro atoms. The fourth-order valence-electron chi connectivity index (χ4n) is 0. The van der Waals surface area contributed by atoms with Crippen LogP contribution >= 0.6 is 12.4 Å². The van der Waals surface area contributed by atoms with Gasteiger partial charge in [-0.1, -0.05) is 0 Å². The number of rotatable bonds is 0. The zero-order valence-corrected chi connectivity index (χ0v) is 2.38. The second-order valence-electron chi connectivity index (χ2n) is 0. The molecule has 0 aromatic heterocycles. The average molecular weight is 76.5 g/mol. The van der Waals surface area contributed by atoms with Crippen LogP contribution in [0.3, 0.4) is 0 Å². The Morgan fingerprint density at radius 2 is 1.00 bits per heavy atom. The van der Waals surface area contributed by atoms with Gasteiger partial charge in [0.05, 0.1) is 0 Å². The van der Waals surface area contributed by atoms with Gasteiger partial charge in [-0.3, -0.25) is 11.7 Å². The molecule has 0 fully saturated rings. The molecule has 0 saturated heterocycles. The van der Waals surface area contributed by atoms with E-state index < -0.39 is 0 Å². The Hall–Kier alpha value is 0.807. The number of nitrogens with two attached hydrogens (primary N) is 2. The van der Waals surface area contributed by atoms with Crippen LogP contribution in [0.25, 0.3) is 0 Å². The molecule has 0 unspecified atom stereocenters. The Labute approximate surface area is 43.5 Å². The molecule has 0 heterocycles. The van der Waals surface area contributed by atoms with Crippen LogP contribution in [0.15, 0.2) is 0 Å².